The van der Waals surface area contributed by atoms with E-state index in [1.807, 2.05) is 0 Å². The van der Waals surface area contributed by atoms with Gasteiger partial charge in [0.05, 0.1) is 0 Å². The fraction of sp³-hybridized carbons (Fsp3) is 0.455. The second kappa shape index (κ2) is 4.18. The Labute approximate surface area is 88.3 Å². The van der Waals surface area contributed by atoms with Gasteiger partial charge in [0.15, 0.2) is 0 Å². The van der Waals surface area contributed by atoms with E-state index in [0.717, 1.165) is 5.69 Å². The fourth-order valence-electron chi connectivity index (χ4n) is 1.94. The predicted molar refractivity (Wildman–Crippen MR) is 57.3 cm³/mol. The molecule has 0 amide bonds. The molecular formula is C11H13ClFN. The summed E-state index contributed by atoms with van der Waals surface area (Å²) in [5.74, 6) is -0.280. The number of hydrogen-bond acceptors (Lipinski definition) is 1. The van der Waals surface area contributed by atoms with Gasteiger partial charge in [-0.25, -0.2) is 4.39 Å². The summed E-state index contributed by atoms with van der Waals surface area (Å²) < 4.78 is 13.0. The SMILES string of the molecule is Fc1cc(Cl)cc(NC2CCCC2)c1. The fourth-order valence-corrected chi connectivity index (χ4v) is 2.16. The summed E-state index contributed by atoms with van der Waals surface area (Å²) >= 11 is 5.76. The number of halogens is 2. The molecule has 0 aliphatic heterocycles. The van der Waals surface area contributed by atoms with Gasteiger partial charge in [0.2, 0.25) is 0 Å². The number of hydrogen-bond donors (Lipinski definition) is 1. The minimum atomic E-state index is -0.280. The molecule has 1 fully saturated rings. The predicted octanol–water partition coefficient (Wildman–Crippen LogP) is 3.83. The molecule has 76 valence electrons. The Kier molecular flexibility index (Phi) is 2.92. The quantitative estimate of drug-likeness (QED) is 0.787. The van der Waals surface area contributed by atoms with E-state index in [2.05, 4.69) is 5.32 Å². The van der Waals surface area contributed by atoms with Crippen LogP contribution in [0.4, 0.5) is 10.1 Å². The first-order chi connectivity index (χ1) is 6.74. The smallest absolute Gasteiger partial charge is 0.126 e. The first kappa shape index (κ1) is 9.78. The highest BCUT2D eigenvalue weighted by Gasteiger charge is 2.14. The van der Waals surface area contributed by atoms with Crippen LogP contribution in [-0.2, 0) is 0 Å². The van der Waals surface area contributed by atoms with E-state index in [1.165, 1.54) is 37.8 Å². The van der Waals surface area contributed by atoms with Crippen molar-refractivity contribution in [1.29, 1.82) is 0 Å². The number of nitrogens with one attached hydrogen (secondary N) is 1. The van der Waals surface area contributed by atoms with Crippen LogP contribution in [0.15, 0.2) is 18.2 Å². The topological polar surface area (TPSA) is 12.0 Å². The van der Waals surface area contributed by atoms with Crippen LogP contribution in [0.25, 0.3) is 0 Å². The summed E-state index contributed by atoms with van der Waals surface area (Å²) in [5, 5.41) is 3.75. The van der Waals surface area contributed by atoms with Crippen LogP contribution in [-0.4, -0.2) is 6.04 Å². The highest BCUT2D eigenvalue weighted by molar-refractivity contribution is 6.30. The lowest BCUT2D eigenvalue weighted by Crippen LogP contribution is -2.14. The van der Waals surface area contributed by atoms with Crippen LogP contribution in [0, 0.1) is 5.82 Å². The third-order valence-electron chi connectivity index (χ3n) is 2.59. The number of rotatable bonds is 2. The molecule has 3 heteroatoms. The molecule has 1 aromatic rings. The lowest BCUT2D eigenvalue weighted by molar-refractivity contribution is 0.627. The summed E-state index contributed by atoms with van der Waals surface area (Å²) in [6.45, 7) is 0. The Morgan fingerprint density at radius 1 is 1.21 bits per heavy atom. The zero-order valence-electron chi connectivity index (χ0n) is 7.89. The van der Waals surface area contributed by atoms with Crippen molar-refractivity contribution in [2.24, 2.45) is 0 Å². The minimum absolute atomic E-state index is 0.280. The molecule has 1 N–H and O–H groups in total. The lowest BCUT2D eigenvalue weighted by atomic mass is 10.2. The van der Waals surface area contributed by atoms with Gasteiger partial charge in [0.25, 0.3) is 0 Å². The average Bonchev–Trinajstić information content (AvgIpc) is 2.54. The van der Waals surface area contributed by atoms with Crippen LogP contribution in [0.2, 0.25) is 5.02 Å². The first-order valence-electron chi connectivity index (χ1n) is 4.97. The van der Waals surface area contributed by atoms with Crippen LogP contribution in [0.5, 0.6) is 0 Å². The van der Waals surface area contributed by atoms with Crippen molar-refractivity contribution >= 4 is 17.3 Å². The maximum Gasteiger partial charge on any atom is 0.126 e. The van der Waals surface area contributed by atoms with Crippen LogP contribution in [0.1, 0.15) is 25.7 Å². The molecule has 1 saturated carbocycles. The second-order valence-corrected chi connectivity index (χ2v) is 4.22. The second-order valence-electron chi connectivity index (χ2n) is 3.78. The largest absolute Gasteiger partial charge is 0.382 e. The molecule has 0 aromatic heterocycles. The van der Waals surface area contributed by atoms with Crippen molar-refractivity contribution in [3.63, 3.8) is 0 Å². The molecule has 1 aliphatic rings. The monoisotopic (exact) mass is 213 g/mol. The molecule has 0 spiro atoms. The van der Waals surface area contributed by atoms with E-state index in [-0.39, 0.29) is 5.82 Å². The third kappa shape index (κ3) is 2.38. The Morgan fingerprint density at radius 2 is 1.93 bits per heavy atom. The van der Waals surface area contributed by atoms with E-state index >= 15 is 0 Å². The molecular weight excluding hydrogens is 201 g/mol. The van der Waals surface area contributed by atoms with E-state index in [0.29, 0.717) is 11.1 Å². The molecule has 0 saturated heterocycles. The van der Waals surface area contributed by atoms with Crippen molar-refractivity contribution in [2.75, 3.05) is 5.32 Å². The molecule has 0 heterocycles. The van der Waals surface area contributed by atoms with E-state index in [1.54, 1.807) is 6.07 Å². The molecule has 0 unspecified atom stereocenters. The standard InChI is InChI=1S/C11H13ClFN/c12-8-5-9(13)7-11(6-8)14-10-3-1-2-4-10/h5-7,10,14H,1-4H2. The zero-order chi connectivity index (χ0) is 9.97. The van der Waals surface area contributed by atoms with Crippen molar-refractivity contribution in [1.82, 2.24) is 0 Å². The number of benzene rings is 1. The number of anilines is 1. The highest BCUT2D eigenvalue weighted by Crippen LogP contribution is 2.24. The molecule has 0 bridgehead atoms. The molecule has 14 heavy (non-hydrogen) atoms. The maximum atomic E-state index is 13.0. The van der Waals surface area contributed by atoms with Gasteiger partial charge in [-0.3, -0.25) is 0 Å². The average molecular weight is 214 g/mol. The Balaban J connectivity index is 2.07. The molecule has 1 nitrogen and oxygen atoms in total. The van der Waals surface area contributed by atoms with Crippen molar-refractivity contribution < 1.29 is 4.39 Å². The molecule has 1 aromatic carbocycles. The molecule has 2 rings (SSSR count). The van der Waals surface area contributed by atoms with Crippen LogP contribution in [0.3, 0.4) is 0 Å². The van der Waals surface area contributed by atoms with Gasteiger partial charge in [0, 0.05) is 16.8 Å². The van der Waals surface area contributed by atoms with Gasteiger partial charge >= 0.3 is 0 Å². The van der Waals surface area contributed by atoms with Gasteiger partial charge in [-0.15, -0.1) is 0 Å². The van der Waals surface area contributed by atoms with Crippen molar-refractivity contribution in [3.8, 4) is 0 Å². The van der Waals surface area contributed by atoms with E-state index in [4.69, 9.17) is 11.6 Å². The maximum absolute atomic E-state index is 13.0. The van der Waals surface area contributed by atoms with Gasteiger partial charge < -0.3 is 5.32 Å². The van der Waals surface area contributed by atoms with Gasteiger partial charge in [-0.1, -0.05) is 24.4 Å². The Bertz CT molecular complexity index is 301. The van der Waals surface area contributed by atoms with Crippen LogP contribution < -0.4 is 5.32 Å². The summed E-state index contributed by atoms with van der Waals surface area (Å²) in [6, 6.07) is 5.07. The van der Waals surface area contributed by atoms with Gasteiger partial charge in [-0.05, 0) is 31.0 Å². The van der Waals surface area contributed by atoms with E-state index in [9.17, 15) is 4.39 Å². The van der Waals surface area contributed by atoms with E-state index < -0.39 is 0 Å². The van der Waals surface area contributed by atoms with Crippen LogP contribution >= 0.6 is 11.6 Å². The highest BCUT2D eigenvalue weighted by atomic mass is 35.5. The third-order valence-corrected chi connectivity index (χ3v) is 2.81. The Hall–Kier alpha value is -0.760. The Morgan fingerprint density at radius 3 is 2.57 bits per heavy atom. The lowest BCUT2D eigenvalue weighted by Gasteiger charge is -2.13. The normalized spacial score (nSPS) is 17.3. The molecule has 0 radical (unpaired) electrons. The summed E-state index contributed by atoms with van der Waals surface area (Å²) in [5.41, 5.74) is 0.793. The van der Waals surface area contributed by atoms with Crippen molar-refractivity contribution in [3.05, 3.63) is 29.0 Å². The van der Waals surface area contributed by atoms with Gasteiger partial charge in [0.1, 0.15) is 5.82 Å². The minimum Gasteiger partial charge on any atom is -0.382 e. The molecule has 1 aliphatic carbocycles. The summed E-state index contributed by atoms with van der Waals surface area (Å²) in [7, 11) is 0. The molecule has 0 atom stereocenters. The zero-order valence-corrected chi connectivity index (χ0v) is 8.65. The summed E-state index contributed by atoms with van der Waals surface area (Å²) in [6.07, 6.45) is 4.88. The van der Waals surface area contributed by atoms with Gasteiger partial charge in [-0.2, -0.15) is 0 Å². The van der Waals surface area contributed by atoms with Crippen molar-refractivity contribution in [2.45, 2.75) is 31.7 Å². The first-order valence-corrected chi connectivity index (χ1v) is 5.34. The summed E-state index contributed by atoms with van der Waals surface area (Å²) in [4.78, 5) is 0.